The molecule has 5 heteroatoms. The van der Waals surface area contributed by atoms with Crippen molar-refractivity contribution in [2.75, 3.05) is 26.4 Å². The zero-order valence-corrected chi connectivity index (χ0v) is 11.9. The Kier molecular flexibility index (Phi) is 4.96. The highest BCUT2D eigenvalue weighted by molar-refractivity contribution is 9.10. The van der Waals surface area contributed by atoms with E-state index in [1.165, 1.54) is 0 Å². The number of hydrogen-bond donors (Lipinski definition) is 2. The third kappa shape index (κ3) is 3.71. The van der Waals surface area contributed by atoms with Crippen molar-refractivity contribution < 1.29 is 4.79 Å². The number of hydrogen-bond acceptors (Lipinski definition) is 3. The van der Waals surface area contributed by atoms with E-state index in [2.05, 4.69) is 33.1 Å². The number of nitrogens with two attached hydrogens (primary N) is 1. The second-order valence-corrected chi connectivity index (χ2v) is 5.02. The first-order chi connectivity index (χ1) is 7.93. The number of carbonyl (C=O) groups excluding carboxylic acids is 1. The van der Waals surface area contributed by atoms with Crippen LogP contribution in [0.3, 0.4) is 0 Å². The van der Waals surface area contributed by atoms with Crippen LogP contribution in [0.5, 0.6) is 0 Å². The Bertz CT molecular complexity index is 407. The number of carbonyl (C=O) groups is 1. The van der Waals surface area contributed by atoms with Crippen LogP contribution in [0, 0.1) is 0 Å². The summed E-state index contributed by atoms with van der Waals surface area (Å²) < 4.78 is 0.648. The number of nitrogen functional groups attached to an aromatic ring is 1. The van der Waals surface area contributed by atoms with Gasteiger partial charge in [-0.15, -0.1) is 0 Å². The Morgan fingerprint density at radius 3 is 2.76 bits per heavy atom. The molecule has 1 aromatic rings. The van der Waals surface area contributed by atoms with Crippen molar-refractivity contribution in [3.05, 3.63) is 28.2 Å². The molecule has 0 fully saturated rings. The second-order valence-electron chi connectivity index (χ2n) is 4.23. The molecule has 0 bridgehead atoms. The summed E-state index contributed by atoms with van der Waals surface area (Å²) in [6, 6.07) is 5.56. The lowest BCUT2D eigenvalue weighted by Crippen LogP contribution is -2.38. The average molecular weight is 300 g/mol. The van der Waals surface area contributed by atoms with Gasteiger partial charge in [-0.1, -0.05) is 6.07 Å². The van der Waals surface area contributed by atoms with Gasteiger partial charge < -0.3 is 16.0 Å². The highest BCUT2D eigenvalue weighted by atomic mass is 79.9. The molecule has 0 aliphatic carbocycles. The lowest BCUT2D eigenvalue weighted by atomic mass is 10.2. The highest BCUT2D eigenvalue weighted by Crippen LogP contribution is 2.23. The molecule has 0 radical (unpaired) electrons. The minimum Gasteiger partial charge on any atom is -0.398 e. The van der Waals surface area contributed by atoms with Gasteiger partial charge in [-0.25, -0.2) is 0 Å². The maximum atomic E-state index is 11.9. The van der Waals surface area contributed by atoms with Crippen molar-refractivity contribution in [1.82, 2.24) is 10.2 Å². The number of nitrogens with one attached hydrogen (secondary N) is 1. The third-order valence-corrected chi connectivity index (χ3v) is 3.60. The van der Waals surface area contributed by atoms with Gasteiger partial charge in [0, 0.05) is 18.3 Å². The lowest BCUT2D eigenvalue weighted by molar-refractivity contribution is 0.0943. The molecule has 0 saturated heterocycles. The van der Waals surface area contributed by atoms with Gasteiger partial charge in [0.2, 0.25) is 0 Å². The van der Waals surface area contributed by atoms with Gasteiger partial charge in [0.15, 0.2) is 0 Å². The molecule has 4 nitrogen and oxygen atoms in total. The summed E-state index contributed by atoms with van der Waals surface area (Å²) in [5.41, 5.74) is 6.86. The summed E-state index contributed by atoms with van der Waals surface area (Å²) in [6.07, 6.45) is 0. The maximum absolute atomic E-state index is 11.9. The molecule has 1 unspecified atom stereocenters. The Labute approximate surface area is 110 Å². The first-order valence-corrected chi connectivity index (χ1v) is 6.21. The fraction of sp³-hybridized carbons (Fsp3) is 0.417. The zero-order chi connectivity index (χ0) is 13.0. The fourth-order valence-electron chi connectivity index (χ4n) is 1.24. The first kappa shape index (κ1) is 14.0. The SMILES string of the molecule is CC(CNC(=O)c1cccc(N)c1Br)N(C)C. The molecule has 3 N–H and O–H groups in total. The standard InChI is InChI=1S/C12H18BrN3O/c1-8(16(2)3)7-15-12(17)9-5-4-6-10(14)11(9)13/h4-6,8H,7,14H2,1-3H3,(H,15,17). The summed E-state index contributed by atoms with van der Waals surface area (Å²) in [5, 5.41) is 2.88. The van der Waals surface area contributed by atoms with Crippen LogP contribution in [-0.2, 0) is 0 Å². The van der Waals surface area contributed by atoms with Crippen LogP contribution in [-0.4, -0.2) is 37.5 Å². The summed E-state index contributed by atoms with van der Waals surface area (Å²) >= 11 is 3.32. The van der Waals surface area contributed by atoms with Crippen molar-refractivity contribution in [1.29, 1.82) is 0 Å². The van der Waals surface area contributed by atoms with Crippen molar-refractivity contribution >= 4 is 27.5 Å². The average Bonchev–Trinajstić information content (AvgIpc) is 2.29. The molecule has 0 saturated carbocycles. The molecule has 1 atom stereocenters. The number of anilines is 1. The van der Waals surface area contributed by atoms with E-state index in [9.17, 15) is 4.79 Å². The van der Waals surface area contributed by atoms with Crippen LogP contribution < -0.4 is 11.1 Å². The number of nitrogens with zero attached hydrogens (tertiary/aromatic N) is 1. The van der Waals surface area contributed by atoms with E-state index in [0.29, 0.717) is 28.3 Å². The number of likely N-dealkylation sites (N-methyl/N-ethyl adjacent to an activating group) is 1. The molecule has 1 rings (SSSR count). The largest absolute Gasteiger partial charge is 0.398 e. The van der Waals surface area contributed by atoms with E-state index < -0.39 is 0 Å². The van der Waals surface area contributed by atoms with Gasteiger partial charge in [-0.3, -0.25) is 4.79 Å². The van der Waals surface area contributed by atoms with E-state index in [-0.39, 0.29) is 5.91 Å². The van der Waals surface area contributed by atoms with Crippen molar-refractivity contribution in [3.8, 4) is 0 Å². The summed E-state index contributed by atoms with van der Waals surface area (Å²) in [5.74, 6) is -0.113. The monoisotopic (exact) mass is 299 g/mol. The quantitative estimate of drug-likeness (QED) is 0.832. The number of amides is 1. The Hall–Kier alpha value is -1.07. The predicted molar refractivity (Wildman–Crippen MR) is 74.0 cm³/mol. The smallest absolute Gasteiger partial charge is 0.252 e. The summed E-state index contributed by atoms with van der Waals surface area (Å²) in [4.78, 5) is 14.0. The van der Waals surface area contributed by atoms with Gasteiger partial charge in [0.1, 0.15) is 0 Å². The van der Waals surface area contributed by atoms with Crippen molar-refractivity contribution in [2.45, 2.75) is 13.0 Å². The topological polar surface area (TPSA) is 58.4 Å². The Morgan fingerprint density at radius 2 is 2.18 bits per heavy atom. The Balaban J connectivity index is 2.68. The molecular formula is C12H18BrN3O. The van der Waals surface area contributed by atoms with Crippen molar-refractivity contribution in [3.63, 3.8) is 0 Å². The van der Waals surface area contributed by atoms with Crippen LogP contribution in [0.1, 0.15) is 17.3 Å². The van der Waals surface area contributed by atoms with Crippen LogP contribution in [0.4, 0.5) is 5.69 Å². The summed E-state index contributed by atoms with van der Waals surface area (Å²) in [6.45, 7) is 2.65. The van der Waals surface area contributed by atoms with Crippen LogP contribution in [0.25, 0.3) is 0 Å². The van der Waals surface area contributed by atoms with E-state index in [1.807, 2.05) is 14.1 Å². The molecule has 17 heavy (non-hydrogen) atoms. The first-order valence-electron chi connectivity index (χ1n) is 5.42. The fourth-order valence-corrected chi connectivity index (χ4v) is 1.69. The molecule has 1 aromatic carbocycles. The minimum absolute atomic E-state index is 0.113. The number of rotatable bonds is 4. The molecule has 94 valence electrons. The van der Waals surface area contributed by atoms with Crippen LogP contribution >= 0.6 is 15.9 Å². The van der Waals surface area contributed by atoms with E-state index in [1.54, 1.807) is 18.2 Å². The van der Waals surface area contributed by atoms with Gasteiger partial charge in [-0.05, 0) is 49.1 Å². The molecule has 0 aliphatic heterocycles. The molecule has 0 heterocycles. The molecule has 1 amide bonds. The maximum Gasteiger partial charge on any atom is 0.252 e. The molecule has 0 aromatic heterocycles. The highest BCUT2D eigenvalue weighted by Gasteiger charge is 2.13. The van der Waals surface area contributed by atoms with Gasteiger partial charge >= 0.3 is 0 Å². The van der Waals surface area contributed by atoms with Crippen LogP contribution in [0.2, 0.25) is 0 Å². The third-order valence-electron chi connectivity index (χ3n) is 2.71. The zero-order valence-electron chi connectivity index (χ0n) is 10.3. The molecule has 0 spiro atoms. The van der Waals surface area contributed by atoms with E-state index >= 15 is 0 Å². The normalized spacial score (nSPS) is 12.5. The second kappa shape index (κ2) is 6.02. The molecular weight excluding hydrogens is 282 g/mol. The van der Waals surface area contributed by atoms with Crippen LogP contribution in [0.15, 0.2) is 22.7 Å². The predicted octanol–water partition coefficient (Wildman–Crippen LogP) is 1.71. The van der Waals surface area contributed by atoms with E-state index in [4.69, 9.17) is 5.73 Å². The number of halogens is 1. The summed E-state index contributed by atoms with van der Waals surface area (Å²) in [7, 11) is 3.96. The van der Waals surface area contributed by atoms with Gasteiger partial charge in [0.05, 0.1) is 10.0 Å². The van der Waals surface area contributed by atoms with E-state index in [0.717, 1.165) is 0 Å². The molecule has 0 aliphatic rings. The van der Waals surface area contributed by atoms with Gasteiger partial charge in [-0.2, -0.15) is 0 Å². The minimum atomic E-state index is -0.113. The lowest BCUT2D eigenvalue weighted by Gasteiger charge is -2.20. The van der Waals surface area contributed by atoms with Crippen molar-refractivity contribution in [2.24, 2.45) is 0 Å². The number of benzene rings is 1. The van der Waals surface area contributed by atoms with Gasteiger partial charge in [0.25, 0.3) is 5.91 Å². The Morgan fingerprint density at radius 1 is 1.53 bits per heavy atom.